The van der Waals surface area contributed by atoms with Crippen molar-refractivity contribution in [3.8, 4) is 22.5 Å². The molecule has 0 radical (unpaired) electrons. The summed E-state index contributed by atoms with van der Waals surface area (Å²) in [6, 6.07) is 13.8. The third-order valence-corrected chi connectivity index (χ3v) is 5.67. The monoisotopic (exact) mass is 429 g/mol. The molecule has 3 heterocycles. The molecule has 1 aliphatic heterocycles. The molecule has 1 atom stereocenters. The molecule has 1 fully saturated rings. The quantitative estimate of drug-likeness (QED) is 0.649. The summed E-state index contributed by atoms with van der Waals surface area (Å²) >= 11 is 0. The van der Waals surface area contributed by atoms with Gasteiger partial charge in [-0.2, -0.15) is 0 Å². The Kier molecular flexibility index (Phi) is 6.25. The molecule has 1 saturated heterocycles. The van der Waals surface area contributed by atoms with Gasteiger partial charge in [0, 0.05) is 56.0 Å². The number of likely N-dealkylation sites (tertiary alicyclic amines) is 1. The van der Waals surface area contributed by atoms with Gasteiger partial charge in [-0.25, -0.2) is 9.97 Å². The summed E-state index contributed by atoms with van der Waals surface area (Å²) in [5.74, 6) is 0.656. The summed E-state index contributed by atoms with van der Waals surface area (Å²) in [6.07, 6.45) is 3.88. The molecule has 3 aromatic rings. The number of nitrogens with one attached hydrogen (secondary N) is 1. The summed E-state index contributed by atoms with van der Waals surface area (Å²) in [7, 11) is 1.73. The molecule has 0 spiro atoms. The summed E-state index contributed by atoms with van der Waals surface area (Å²) in [6.45, 7) is 5.04. The van der Waals surface area contributed by atoms with E-state index in [9.17, 15) is 9.59 Å². The fraction of sp³-hybridized carbons (Fsp3) is 0.320. The van der Waals surface area contributed by atoms with E-state index >= 15 is 0 Å². The lowest BCUT2D eigenvalue weighted by molar-refractivity contribution is -0.128. The van der Waals surface area contributed by atoms with Crippen LogP contribution in [0.15, 0.2) is 54.9 Å². The lowest BCUT2D eigenvalue weighted by Crippen LogP contribution is -2.31. The van der Waals surface area contributed by atoms with Gasteiger partial charge in [-0.3, -0.25) is 14.6 Å². The Labute approximate surface area is 187 Å². The largest absolute Gasteiger partial charge is 0.352 e. The number of carbonyl (C=O) groups excluding carboxylic acids is 2. The molecule has 0 bridgehead atoms. The normalized spacial score (nSPS) is 15.9. The van der Waals surface area contributed by atoms with Crippen molar-refractivity contribution in [2.24, 2.45) is 5.92 Å². The number of aromatic nitrogens is 3. The first-order chi connectivity index (χ1) is 15.4. The number of hydrogen-bond acceptors (Lipinski definition) is 5. The van der Waals surface area contributed by atoms with E-state index in [1.165, 1.54) is 0 Å². The Balaban J connectivity index is 1.53. The number of pyridine rings is 1. The first-order valence-corrected chi connectivity index (χ1v) is 10.8. The Bertz CT molecular complexity index is 1110. The van der Waals surface area contributed by atoms with E-state index in [0.29, 0.717) is 13.1 Å². The van der Waals surface area contributed by atoms with Crippen molar-refractivity contribution in [3.05, 3.63) is 66.2 Å². The number of hydrogen-bond donors (Lipinski definition) is 1. The van der Waals surface area contributed by atoms with Crippen LogP contribution < -0.4 is 5.32 Å². The number of nitrogens with zero attached hydrogens (tertiary/aromatic N) is 4. The van der Waals surface area contributed by atoms with Crippen LogP contribution in [0, 0.1) is 5.92 Å². The number of benzene rings is 1. The van der Waals surface area contributed by atoms with Crippen molar-refractivity contribution in [2.45, 2.75) is 32.7 Å². The zero-order valence-electron chi connectivity index (χ0n) is 18.6. The number of rotatable bonds is 6. The number of amides is 2. The van der Waals surface area contributed by atoms with Gasteiger partial charge >= 0.3 is 0 Å². The molecule has 7 heteroatoms. The Morgan fingerprint density at radius 1 is 1.16 bits per heavy atom. The molecular weight excluding hydrogens is 402 g/mol. The molecule has 1 aromatic carbocycles. The average molecular weight is 430 g/mol. The summed E-state index contributed by atoms with van der Waals surface area (Å²) in [5.41, 5.74) is 4.49. The summed E-state index contributed by atoms with van der Waals surface area (Å²) in [4.78, 5) is 39.5. The van der Waals surface area contributed by atoms with Crippen molar-refractivity contribution < 1.29 is 9.59 Å². The molecule has 4 rings (SSSR count). The van der Waals surface area contributed by atoms with Crippen molar-refractivity contribution in [1.82, 2.24) is 25.2 Å². The Hall–Kier alpha value is -3.61. The Morgan fingerprint density at radius 3 is 2.56 bits per heavy atom. The van der Waals surface area contributed by atoms with Crippen LogP contribution in [0.4, 0.5) is 0 Å². The molecular formula is C25H27N5O2. The highest BCUT2D eigenvalue weighted by Crippen LogP contribution is 2.30. The SMILES string of the molecule is CC(C)c1ncc(-c2ccccn2)c(-c2ccc(CNC(=O)C3CC(=O)N(C)C3)cc2)n1. The van der Waals surface area contributed by atoms with Gasteiger partial charge in [0.15, 0.2) is 0 Å². The molecule has 32 heavy (non-hydrogen) atoms. The van der Waals surface area contributed by atoms with Crippen LogP contribution in [0.2, 0.25) is 0 Å². The van der Waals surface area contributed by atoms with Crippen LogP contribution in [-0.2, 0) is 16.1 Å². The van der Waals surface area contributed by atoms with Gasteiger partial charge in [-0.15, -0.1) is 0 Å². The van der Waals surface area contributed by atoms with Crippen LogP contribution in [0.5, 0.6) is 0 Å². The van der Waals surface area contributed by atoms with E-state index < -0.39 is 0 Å². The summed E-state index contributed by atoms with van der Waals surface area (Å²) in [5, 5.41) is 2.95. The van der Waals surface area contributed by atoms with Gasteiger partial charge in [0.25, 0.3) is 0 Å². The van der Waals surface area contributed by atoms with E-state index in [1.54, 1.807) is 18.1 Å². The summed E-state index contributed by atoms with van der Waals surface area (Å²) < 4.78 is 0. The van der Waals surface area contributed by atoms with E-state index in [4.69, 9.17) is 4.98 Å². The first-order valence-electron chi connectivity index (χ1n) is 10.8. The zero-order chi connectivity index (χ0) is 22.7. The van der Waals surface area contributed by atoms with Crippen molar-refractivity contribution >= 4 is 11.8 Å². The second-order valence-corrected chi connectivity index (χ2v) is 8.45. The van der Waals surface area contributed by atoms with Crippen molar-refractivity contribution in [2.75, 3.05) is 13.6 Å². The van der Waals surface area contributed by atoms with E-state index in [0.717, 1.165) is 33.9 Å². The van der Waals surface area contributed by atoms with Crippen LogP contribution in [-0.4, -0.2) is 45.3 Å². The van der Waals surface area contributed by atoms with Gasteiger partial charge in [-0.05, 0) is 17.7 Å². The lowest BCUT2D eigenvalue weighted by Gasteiger charge is -2.13. The van der Waals surface area contributed by atoms with Crippen LogP contribution in [0.25, 0.3) is 22.5 Å². The molecule has 164 valence electrons. The third-order valence-electron chi connectivity index (χ3n) is 5.67. The lowest BCUT2D eigenvalue weighted by atomic mass is 10.0. The first kappa shape index (κ1) is 21.6. The molecule has 7 nitrogen and oxygen atoms in total. The van der Waals surface area contributed by atoms with Gasteiger partial charge in [0.05, 0.1) is 17.3 Å². The van der Waals surface area contributed by atoms with E-state index in [-0.39, 0.29) is 30.1 Å². The predicted molar refractivity (Wildman–Crippen MR) is 122 cm³/mol. The van der Waals surface area contributed by atoms with Crippen LogP contribution >= 0.6 is 0 Å². The minimum atomic E-state index is -0.275. The van der Waals surface area contributed by atoms with Gasteiger partial charge in [-0.1, -0.05) is 44.2 Å². The van der Waals surface area contributed by atoms with Crippen molar-refractivity contribution in [3.63, 3.8) is 0 Å². The minimum Gasteiger partial charge on any atom is -0.352 e. The molecule has 1 unspecified atom stereocenters. The maximum Gasteiger partial charge on any atom is 0.225 e. The van der Waals surface area contributed by atoms with Gasteiger partial charge < -0.3 is 10.2 Å². The second kappa shape index (κ2) is 9.26. The highest BCUT2D eigenvalue weighted by Gasteiger charge is 2.31. The predicted octanol–water partition coefficient (Wildman–Crippen LogP) is 3.42. The zero-order valence-corrected chi connectivity index (χ0v) is 18.6. The minimum absolute atomic E-state index is 0.0174. The molecule has 0 saturated carbocycles. The highest BCUT2D eigenvalue weighted by molar-refractivity contribution is 5.89. The molecule has 0 aliphatic carbocycles. The molecule has 1 N–H and O–H groups in total. The maximum absolute atomic E-state index is 12.4. The molecule has 2 aromatic heterocycles. The molecule has 2 amide bonds. The van der Waals surface area contributed by atoms with Gasteiger partial charge in [0.2, 0.25) is 11.8 Å². The smallest absolute Gasteiger partial charge is 0.225 e. The number of carbonyl (C=O) groups is 2. The second-order valence-electron chi connectivity index (χ2n) is 8.45. The van der Waals surface area contributed by atoms with Crippen LogP contribution in [0.3, 0.4) is 0 Å². The van der Waals surface area contributed by atoms with Crippen LogP contribution in [0.1, 0.15) is 37.6 Å². The standard InChI is InChI=1S/C25H27N5O2/c1-16(2)24-27-14-20(21-6-4-5-11-26-21)23(29-24)18-9-7-17(8-10-18)13-28-25(32)19-12-22(31)30(3)15-19/h4-11,14,16,19H,12-13,15H2,1-3H3,(H,28,32). The fourth-order valence-electron chi connectivity index (χ4n) is 3.76. The van der Waals surface area contributed by atoms with Crippen molar-refractivity contribution in [1.29, 1.82) is 0 Å². The fourth-order valence-corrected chi connectivity index (χ4v) is 3.76. The third kappa shape index (κ3) is 4.66. The van der Waals surface area contributed by atoms with E-state index in [2.05, 4.69) is 29.1 Å². The topological polar surface area (TPSA) is 88.1 Å². The molecule has 1 aliphatic rings. The van der Waals surface area contributed by atoms with Gasteiger partial charge in [0.1, 0.15) is 5.82 Å². The maximum atomic E-state index is 12.4. The highest BCUT2D eigenvalue weighted by atomic mass is 16.2. The average Bonchev–Trinajstić information content (AvgIpc) is 3.16. The Morgan fingerprint density at radius 2 is 1.94 bits per heavy atom. The van der Waals surface area contributed by atoms with E-state index in [1.807, 2.05) is 48.7 Å².